The van der Waals surface area contributed by atoms with Gasteiger partial charge in [0.25, 0.3) is 6.71 Å². The van der Waals surface area contributed by atoms with E-state index in [1.807, 2.05) is 0 Å². The van der Waals surface area contributed by atoms with E-state index >= 15 is 0 Å². The maximum absolute atomic E-state index is 7.08. The van der Waals surface area contributed by atoms with Crippen LogP contribution >= 0.6 is 0 Å². The molecule has 3 heterocycles. The zero-order valence-corrected chi connectivity index (χ0v) is 33.5. The molecule has 0 N–H and O–H groups in total. The first kappa shape index (κ1) is 34.8. The molecule has 12 rings (SSSR count). The molecule has 0 aromatic heterocycles. The van der Waals surface area contributed by atoms with Crippen molar-refractivity contribution in [3.8, 4) is 28.4 Å². The molecule has 286 valence electrons. The first-order valence-corrected chi connectivity index (χ1v) is 21.0. The van der Waals surface area contributed by atoms with E-state index in [0.29, 0.717) is 0 Å². The van der Waals surface area contributed by atoms with Crippen molar-refractivity contribution in [1.82, 2.24) is 0 Å². The van der Waals surface area contributed by atoms with Gasteiger partial charge in [0.05, 0.1) is 0 Å². The predicted molar refractivity (Wildman–Crippen MR) is 248 cm³/mol. The zero-order valence-electron chi connectivity index (χ0n) is 33.5. The normalized spacial score (nSPS) is 16.5. The van der Waals surface area contributed by atoms with Gasteiger partial charge < -0.3 is 19.3 Å². The van der Waals surface area contributed by atoms with Crippen molar-refractivity contribution in [3.05, 3.63) is 211 Å². The molecule has 0 saturated carbocycles. The summed E-state index contributed by atoms with van der Waals surface area (Å²) in [6.45, 7) is 4.70. The molecule has 0 saturated heterocycles. The molecule has 1 unspecified atom stereocenters. The summed E-state index contributed by atoms with van der Waals surface area (Å²) in [5, 5.41) is 2.49. The Kier molecular flexibility index (Phi) is 7.77. The Morgan fingerprint density at radius 2 is 1.27 bits per heavy atom. The summed E-state index contributed by atoms with van der Waals surface area (Å²) in [5.74, 6) is 3.91. The van der Waals surface area contributed by atoms with Crippen molar-refractivity contribution in [2.75, 3.05) is 9.80 Å². The lowest BCUT2D eigenvalue weighted by Gasteiger charge is -2.44. The maximum atomic E-state index is 7.08. The van der Waals surface area contributed by atoms with Crippen molar-refractivity contribution >= 4 is 62.3 Å². The van der Waals surface area contributed by atoms with Crippen LogP contribution in [0.25, 0.3) is 21.9 Å². The van der Waals surface area contributed by atoms with E-state index in [1.165, 1.54) is 55.2 Å². The summed E-state index contributed by atoms with van der Waals surface area (Å²) in [7, 11) is 0. The topological polar surface area (TPSA) is 24.9 Å². The first-order valence-electron chi connectivity index (χ1n) is 21.0. The molecular weight excluding hydrogens is 731 g/mol. The van der Waals surface area contributed by atoms with Crippen molar-refractivity contribution in [3.63, 3.8) is 0 Å². The van der Waals surface area contributed by atoms with E-state index in [1.54, 1.807) is 0 Å². The second kappa shape index (κ2) is 13.4. The molecule has 4 nitrogen and oxygen atoms in total. The van der Waals surface area contributed by atoms with Crippen LogP contribution < -0.4 is 35.7 Å². The van der Waals surface area contributed by atoms with Gasteiger partial charge in [-0.3, -0.25) is 0 Å². The number of hydrogen-bond acceptors (Lipinski definition) is 4. The van der Waals surface area contributed by atoms with Gasteiger partial charge in [0.2, 0.25) is 0 Å². The molecule has 1 aliphatic carbocycles. The SMILES string of the molecule is CC1(C)c2ccccc2OC2=CC=C(N(c3ccc(-c4ccccc4)cc3)c3ccc4c(c3)Oc3cccc5c3B4c3c(ccc4ccccc34)N5c3ccccc3)CC21. The van der Waals surface area contributed by atoms with Crippen molar-refractivity contribution in [1.29, 1.82) is 0 Å². The number of para-hydroxylation sites is 2. The van der Waals surface area contributed by atoms with E-state index in [0.717, 1.165) is 52.2 Å². The standard InChI is InChI=1S/C55H41BN2O2/c1-55(2)44-20-11-12-22-49(44)59-50-33-30-41(34-45(50)55)57(40-27-24-37(25-28-40)36-14-5-3-6-15-36)42-29-31-46-52(35-42)60-51-23-13-21-47-54(51)56(46)53-43-19-10-9-16-38(43)26-32-48(53)58(47)39-17-7-4-8-18-39/h3-33,35,45H,34H2,1-2H3. The molecule has 1 atom stereocenters. The third-order valence-electron chi connectivity index (χ3n) is 13.2. The van der Waals surface area contributed by atoms with Gasteiger partial charge in [-0.05, 0) is 111 Å². The van der Waals surface area contributed by atoms with E-state index in [4.69, 9.17) is 9.47 Å². The minimum Gasteiger partial charge on any atom is -0.461 e. The quantitative estimate of drug-likeness (QED) is 0.163. The van der Waals surface area contributed by atoms with Gasteiger partial charge in [-0.2, -0.15) is 0 Å². The van der Waals surface area contributed by atoms with Crippen LogP contribution in [0.3, 0.4) is 0 Å². The number of nitrogens with zero attached hydrogens (tertiary/aromatic N) is 2. The molecule has 5 heteroatoms. The van der Waals surface area contributed by atoms with Crippen molar-refractivity contribution < 1.29 is 9.47 Å². The van der Waals surface area contributed by atoms with Crippen LogP contribution in [0.5, 0.6) is 17.2 Å². The Labute approximate surface area is 351 Å². The smallest absolute Gasteiger partial charge is 0.257 e. The second-order valence-corrected chi connectivity index (χ2v) is 16.9. The van der Waals surface area contributed by atoms with Gasteiger partial charge in [-0.25, -0.2) is 0 Å². The Bertz CT molecular complexity index is 3060. The number of anilines is 5. The van der Waals surface area contributed by atoms with E-state index < -0.39 is 0 Å². The Morgan fingerprint density at radius 3 is 2.12 bits per heavy atom. The van der Waals surface area contributed by atoms with Gasteiger partial charge in [0, 0.05) is 57.1 Å². The average Bonchev–Trinajstić information content (AvgIpc) is 3.30. The summed E-state index contributed by atoms with van der Waals surface area (Å²) in [4.78, 5) is 4.84. The van der Waals surface area contributed by atoms with Crippen LogP contribution in [-0.4, -0.2) is 6.71 Å². The fraction of sp³-hybridized carbons (Fsp3) is 0.0909. The number of allylic oxidation sites excluding steroid dienone is 4. The molecule has 0 bridgehead atoms. The molecule has 3 aliphatic heterocycles. The van der Waals surface area contributed by atoms with Gasteiger partial charge >= 0.3 is 0 Å². The molecule has 0 radical (unpaired) electrons. The monoisotopic (exact) mass is 772 g/mol. The Hall–Kier alpha value is -7.24. The molecule has 0 fully saturated rings. The molecule has 0 amide bonds. The zero-order chi connectivity index (χ0) is 40.0. The van der Waals surface area contributed by atoms with Crippen LogP contribution in [0.2, 0.25) is 0 Å². The molecule has 4 aliphatic rings. The summed E-state index contributed by atoms with van der Waals surface area (Å²) in [5.41, 5.74) is 14.0. The Balaban J connectivity index is 1.02. The van der Waals surface area contributed by atoms with Crippen molar-refractivity contribution in [2.24, 2.45) is 5.92 Å². The van der Waals surface area contributed by atoms with Crippen LogP contribution in [-0.2, 0) is 5.41 Å². The number of rotatable bonds is 5. The van der Waals surface area contributed by atoms with E-state index in [2.05, 4.69) is 218 Å². The van der Waals surface area contributed by atoms with Gasteiger partial charge in [-0.1, -0.05) is 135 Å². The highest BCUT2D eigenvalue weighted by atomic mass is 16.5. The third-order valence-corrected chi connectivity index (χ3v) is 13.2. The van der Waals surface area contributed by atoms with Gasteiger partial charge in [-0.15, -0.1) is 0 Å². The molecule has 8 aromatic carbocycles. The summed E-state index contributed by atoms with van der Waals surface area (Å²) < 4.78 is 13.7. The molecule has 8 aromatic rings. The highest BCUT2D eigenvalue weighted by molar-refractivity contribution is 7.00. The average molecular weight is 773 g/mol. The largest absolute Gasteiger partial charge is 0.461 e. The molecule has 60 heavy (non-hydrogen) atoms. The van der Waals surface area contributed by atoms with Crippen LogP contribution in [0.15, 0.2) is 206 Å². The van der Waals surface area contributed by atoms with Crippen molar-refractivity contribution in [2.45, 2.75) is 25.7 Å². The summed E-state index contributed by atoms with van der Waals surface area (Å²) in [6, 6.07) is 65.5. The summed E-state index contributed by atoms with van der Waals surface area (Å²) in [6.07, 6.45) is 5.27. The first-order chi connectivity index (χ1) is 29.5. The number of fused-ring (bicyclic) bond motifs is 8. The van der Waals surface area contributed by atoms with Crippen LogP contribution in [0, 0.1) is 5.92 Å². The fourth-order valence-electron chi connectivity index (χ4n) is 10.3. The van der Waals surface area contributed by atoms with Gasteiger partial charge in [0.15, 0.2) is 0 Å². The number of hydrogen-bond donors (Lipinski definition) is 0. The van der Waals surface area contributed by atoms with Gasteiger partial charge in [0.1, 0.15) is 23.0 Å². The highest BCUT2D eigenvalue weighted by Gasteiger charge is 2.45. The Morgan fingerprint density at radius 1 is 0.567 bits per heavy atom. The van der Waals surface area contributed by atoms with Crippen LogP contribution in [0.1, 0.15) is 25.8 Å². The third kappa shape index (κ3) is 5.32. The minimum atomic E-state index is -0.131. The number of ether oxygens (including phenoxy) is 2. The van der Waals surface area contributed by atoms with E-state index in [-0.39, 0.29) is 18.0 Å². The lowest BCUT2D eigenvalue weighted by atomic mass is 9.33. The van der Waals surface area contributed by atoms with E-state index in [9.17, 15) is 0 Å². The lowest BCUT2D eigenvalue weighted by molar-refractivity contribution is 0.218. The molecule has 0 spiro atoms. The maximum Gasteiger partial charge on any atom is 0.257 e. The predicted octanol–water partition coefficient (Wildman–Crippen LogP) is 12.2. The highest BCUT2D eigenvalue weighted by Crippen LogP contribution is 2.51. The lowest BCUT2D eigenvalue weighted by Crippen LogP contribution is -2.59. The second-order valence-electron chi connectivity index (χ2n) is 16.9. The summed E-state index contributed by atoms with van der Waals surface area (Å²) >= 11 is 0. The molecular formula is C55H41BN2O2. The fourth-order valence-corrected chi connectivity index (χ4v) is 10.3. The van der Waals surface area contributed by atoms with Crippen LogP contribution in [0.4, 0.5) is 28.4 Å². The minimum absolute atomic E-state index is 0.0201. The number of benzene rings is 8.